The molecule has 0 atom stereocenters. The molecule has 0 aliphatic heterocycles. The van der Waals surface area contributed by atoms with Crippen molar-refractivity contribution in [2.75, 3.05) is 17.2 Å². The molecule has 1 heterocycles. The summed E-state index contributed by atoms with van der Waals surface area (Å²) < 4.78 is 0. The van der Waals surface area contributed by atoms with Gasteiger partial charge in [0, 0.05) is 12.6 Å². The number of anilines is 2. The Morgan fingerprint density at radius 3 is 2.86 bits per heavy atom. The van der Waals surface area contributed by atoms with Crippen LogP contribution in [0.2, 0.25) is 0 Å². The van der Waals surface area contributed by atoms with E-state index in [1.807, 2.05) is 0 Å². The highest BCUT2D eigenvalue weighted by atomic mass is 15.3. The molecule has 2 N–H and O–H groups in total. The number of hydrogen-bond donors (Lipinski definition) is 2. The Morgan fingerprint density at radius 2 is 2.05 bits per heavy atom. The highest BCUT2D eigenvalue weighted by Gasteiger charge is 2.15. The van der Waals surface area contributed by atoms with Crippen LogP contribution in [0.4, 0.5) is 11.8 Å². The van der Waals surface area contributed by atoms with Gasteiger partial charge in [0.1, 0.15) is 0 Å². The van der Waals surface area contributed by atoms with E-state index in [0.29, 0.717) is 12.0 Å². The third kappa shape index (κ3) is 4.41. The lowest BCUT2D eigenvalue weighted by Gasteiger charge is -2.14. The van der Waals surface area contributed by atoms with Crippen molar-refractivity contribution in [3.8, 4) is 0 Å². The van der Waals surface area contributed by atoms with E-state index in [1.54, 1.807) is 11.8 Å². The number of nitrogens with zero attached hydrogens (tertiary/aromatic N) is 3. The number of hydrogen-bond acceptors (Lipinski definition) is 5. The second-order valence-electron chi connectivity index (χ2n) is 6.08. The van der Waals surface area contributed by atoms with E-state index in [-0.39, 0.29) is 0 Å². The average Bonchev–Trinajstić information content (AvgIpc) is 3.02. The molecule has 114 valence electrons. The molecular formula is C16H25N5. The molecule has 1 aromatic heterocycles. The third-order valence-corrected chi connectivity index (χ3v) is 4.38. The van der Waals surface area contributed by atoms with E-state index >= 15 is 0 Å². The van der Waals surface area contributed by atoms with Gasteiger partial charge in [-0.2, -0.15) is 10.1 Å². The predicted octanol–water partition coefficient (Wildman–Crippen LogP) is 3.53. The summed E-state index contributed by atoms with van der Waals surface area (Å²) in [6, 6.07) is 0.557. The summed E-state index contributed by atoms with van der Waals surface area (Å²) in [6.45, 7) is 0.889. The fraction of sp³-hybridized carbons (Fsp3) is 0.688. The van der Waals surface area contributed by atoms with E-state index in [9.17, 15) is 0 Å². The van der Waals surface area contributed by atoms with Gasteiger partial charge in [0.25, 0.3) is 0 Å². The first-order valence-electron chi connectivity index (χ1n) is 8.28. The van der Waals surface area contributed by atoms with Gasteiger partial charge in [-0.1, -0.05) is 24.5 Å². The van der Waals surface area contributed by atoms with Crippen LogP contribution in [0.5, 0.6) is 0 Å². The first kappa shape index (κ1) is 14.3. The van der Waals surface area contributed by atoms with Crippen LogP contribution in [-0.2, 0) is 0 Å². The van der Waals surface area contributed by atoms with Crippen LogP contribution in [0.25, 0.3) is 0 Å². The van der Waals surface area contributed by atoms with Crippen molar-refractivity contribution in [1.29, 1.82) is 0 Å². The molecule has 1 aromatic rings. The maximum atomic E-state index is 4.50. The van der Waals surface area contributed by atoms with E-state index < -0.39 is 0 Å². The Labute approximate surface area is 126 Å². The maximum absolute atomic E-state index is 4.50. The number of allylic oxidation sites excluding steroid dienone is 1. The molecule has 0 unspecified atom stereocenters. The zero-order valence-corrected chi connectivity index (χ0v) is 12.6. The van der Waals surface area contributed by atoms with Gasteiger partial charge in [-0.3, -0.25) is 0 Å². The summed E-state index contributed by atoms with van der Waals surface area (Å²) >= 11 is 0. The summed E-state index contributed by atoms with van der Waals surface area (Å²) in [5, 5.41) is 14.9. The average molecular weight is 287 g/mol. The smallest absolute Gasteiger partial charge is 0.244 e. The minimum absolute atomic E-state index is 0.557. The molecule has 0 saturated heterocycles. The van der Waals surface area contributed by atoms with E-state index in [4.69, 9.17) is 0 Å². The van der Waals surface area contributed by atoms with Crippen molar-refractivity contribution < 1.29 is 0 Å². The molecule has 0 radical (unpaired) electrons. The predicted molar refractivity (Wildman–Crippen MR) is 85.4 cm³/mol. The Bertz CT molecular complexity index is 479. The second-order valence-corrected chi connectivity index (χ2v) is 6.08. The first-order valence-corrected chi connectivity index (χ1v) is 8.28. The summed E-state index contributed by atoms with van der Waals surface area (Å²) in [6.07, 6.45) is 15.5. The Balaban J connectivity index is 1.47. The SMILES string of the molecule is C1=C(CCNc2nncc(NC3CCCC3)n2)CCCC1. The van der Waals surface area contributed by atoms with Crippen LogP contribution in [0.15, 0.2) is 17.8 Å². The van der Waals surface area contributed by atoms with Crippen molar-refractivity contribution in [2.24, 2.45) is 0 Å². The molecule has 0 spiro atoms. The number of nitrogens with one attached hydrogen (secondary N) is 2. The van der Waals surface area contributed by atoms with Crippen molar-refractivity contribution in [1.82, 2.24) is 15.2 Å². The molecule has 3 rings (SSSR count). The number of rotatable bonds is 6. The van der Waals surface area contributed by atoms with Gasteiger partial charge in [0.15, 0.2) is 5.82 Å². The Hall–Kier alpha value is -1.65. The zero-order chi connectivity index (χ0) is 14.3. The largest absolute Gasteiger partial charge is 0.366 e. The summed E-state index contributed by atoms with van der Waals surface area (Å²) in [7, 11) is 0. The van der Waals surface area contributed by atoms with E-state index in [2.05, 4.69) is 31.9 Å². The van der Waals surface area contributed by atoms with Crippen LogP contribution in [0, 0.1) is 0 Å². The van der Waals surface area contributed by atoms with Gasteiger partial charge in [-0.25, -0.2) is 0 Å². The fourth-order valence-electron chi connectivity index (χ4n) is 3.19. The molecule has 0 amide bonds. The van der Waals surface area contributed by atoms with Crippen molar-refractivity contribution in [2.45, 2.75) is 63.8 Å². The normalized spacial score (nSPS) is 19.3. The standard InChI is InChI=1S/C16H25N5/c1-2-6-13(7-3-1)10-11-17-16-20-15(12-18-21-16)19-14-8-4-5-9-14/h6,12,14H,1-5,7-11H2,(H2,17,19,20,21). The minimum atomic E-state index is 0.557. The molecule has 1 fully saturated rings. The van der Waals surface area contributed by atoms with Gasteiger partial charge in [0.05, 0.1) is 6.20 Å². The molecule has 5 heteroatoms. The van der Waals surface area contributed by atoms with Gasteiger partial charge in [0.2, 0.25) is 5.95 Å². The molecule has 0 bridgehead atoms. The van der Waals surface area contributed by atoms with Gasteiger partial charge >= 0.3 is 0 Å². The van der Waals surface area contributed by atoms with Gasteiger partial charge in [-0.05, 0) is 44.9 Å². The quantitative estimate of drug-likeness (QED) is 0.784. The Morgan fingerprint density at radius 1 is 1.14 bits per heavy atom. The fourth-order valence-corrected chi connectivity index (χ4v) is 3.19. The van der Waals surface area contributed by atoms with Gasteiger partial charge < -0.3 is 10.6 Å². The molecule has 0 aromatic carbocycles. The molecular weight excluding hydrogens is 262 g/mol. The lowest BCUT2D eigenvalue weighted by molar-refractivity contribution is 0.678. The lowest BCUT2D eigenvalue weighted by atomic mass is 9.97. The second kappa shape index (κ2) is 7.38. The minimum Gasteiger partial charge on any atom is -0.366 e. The molecule has 21 heavy (non-hydrogen) atoms. The third-order valence-electron chi connectivity index (χ3n) is 4.38. The van der Waals surface area contributed by atoms with Gasteiger partial charge in [-0.15, -0.1) is 5.10 Å². The molecule has 1 saturated carbocycles. The summed E-state index contributed by atoms with van der Waals surface area (Å²) in [5.41, 5.74) is 1.57. The molecule has 2 aliphatic carbocycles. The van der Waals surface area contributed by atoms with Crippen LogP contribution < -0.4 is 10.6 Å². The lowest BCUT2D eigenvalue weighted by Crippen LogP contribution is -2.17. The number of aromatic nitrogens is 3. The molecule has 2 aliphatic rings. The maximum Gasteiger partial charge on any atom is 0.244 e. The highest BCUT2D eigenvalue weighted by Crippen LogP contribution is 2.22. The van der Waals surface area contributed by atoms with Crippen LogP contribution >= 0.6 is 0 Å². The van der Waals surface area contributed by atoms with Crippen molar-refractivity contribution in [3.63, 3.8) is 0 Å². The monoisotopic (exact) mass is 287 g/mol. The first-order chi connectivity index (χ1) is 10.4. The molecule has 5 nitrogen and oxygen atoms in total. The van der Waals surface area contributed by atoms with Crippen molar-refractivity contribution in [3.05, 3.63) is 17.8 Å². The zero-order valence-electron chi connectivity index (χ0n) is 12.6. The van der Waals surface area contributed by atoms with Crippen LogP contribution in [0.3, 0.4) is 0 Å². The highest BCUT2D eigenvalue weighted by molar-refractivity contribution is 5.38. The van der Waals surface area contributed by atoms with Crippen LogP contribution in [0.1, 0.15) is 57.8 Å². The van der Waals surface area contributed by atoms with Crippen molar-refractivity contribution >= 4 is 11.8 Å². The van der Waals surface area contributed by atoms with E-state index in [1.165, 1.54) is 51.4 Å². The van der Waals surface area contributed by atoms with Crippen LogP contribution in [-0.4, -0.2) is 27.8 Å². The van der Waals surface area contributed by atoms with E-state index in [0.717, 1.165) is 18.8 Å². The Kier molecular flexibility index (Phi) is 5.03. The summed E-state index contributed by atoms with van der Waals surface area (Å²) in [4.78, 5) is 4.50. The summed E-state index contributed by atoms with van der Waals surface area (Å²) in [5.74, 6) is 1.48. The topological polar surface area (TPSA) is 62.7 Å².